The SMILES string of the molecule is CC(C)(C)C1CC(c2nc3cc(-c4ccc(-n5cnnn5)cc4F)ccc3o2)CCN1C(=O)O. The third-order valence-electron chi connectivity index (χ3n) is 6.48. The van der Waals surface area contributed by atoms with Crippen molar-refractivity contribution in [1.29, 1.82) is 0 Å². The molecular weight excluding hydrogens is 439 g/mol. The minimum atomic E-state index is -0.895. The third-order valence-corrected chi connectivity index (χ3v) is 6.48. The molecule has 1 aliphatic rings. The quantitative estimate of drug-likeness (QED) is 0.460. The second-order valence-corrected chi connectivity index (χ2v) is 9.73. The number of amides is 1. The number of benzene rings is 2. The van der Waals surface area contributed by atoms with Crippen molar-refractivity contribution in [2.75, 3.05) is 6.54 Å². The molecule has 10 heteroatoms. The Bertz CT molecular complexity index is 1340. The summed E-state index contributed by atoms with van der Waals surface area (Å²) >= 11 is 0. The van der Waals surface area contributed by atoms with E-state index in [0.717, 1.165) is 0 Å². The van der Waals surface area contributed by atoms with E-state index in [2.05, 4.69) is 15.5 Å². The van der Waals surface area contributed by atoms with Crippen LogP contribution in [0.4, 0.5) is 9.18 Å². The van der Waals surface area contributed by atoms with Crippen LogP contribution in [0, 0.1) is 11.2 Å². The maximum atomic E-state index is 14.9. The molecule has 0 bridgehead atoms. The molecule has 1 amide bonds. The predicted molar refractivity (Wildman–Crippen MR) is 122 cm³/mol. The molecule has 1 saturated heterocycles. The molecule has 34 heavy (non-hydrogen) atoms. The van der Waals surface area contributed by atoms with Gasteiger partial charge in [0.25, 0.3) is 0 Å². The number of oxazole rings is 1. The second kappa shape index (κ2) is 8.19. The maximum absolute atomic E-state index is 14.9. The molecule has 0 radical (unpaired) electrons. The molecule has 2 aromatic carbocycles. The third kappa shape index (κ3) is 4.00. The molecule has 1 aliphatic heterocycles. The molecule has 3 heterocycles. The van der Waals surface area contributed by atoms with Crippen molar-refractivity contribution in [1.82, 2.24) is 30.1 Å². The number of halogens is 1. The Hall–Kier alpha value is -3.82. The molecular formula is C24H25FN6O3. The normalized spacial score (nSPS) is 19.0. The highest BCUT2D eigenvalue weighted by atomic mass is 19.1. The van der Waals surface area contributed by atoms with E-state index in [1.807, 2.05) is 26.8 Å². The van der Waals surface area contributed by atoms with Crippen molar-refractivity contribution < 1.29 is 18.7 Å². The number of aromatic nitrogens is 5. The fraction of sp³-hybridized carbons (Fsp3) is 0.375. The van der Waals surface area contributed by atoms with Crippen molar-refractivity contribution in [2.24, 2.45) is 5.41 Å². The molecule has 1 N–H and O–H groups in total. The van der Waals surface area contributed by atoms with Crippen LogP contribution in [0.1, 0.15) is 45.4 Å². The van der Waals surface area contributed by atoms with Gasteiger partial charge in [-0.2, -0.15) is 0 Å². The van der Waals surface area contributed by atoms with Crippen LogP contribution in [0.15, 0.2) is 47.1 Å². The Morgan fingerprint density at radius 1 is 1.21 bits per heavy atom. The lowest BCUT2D eigenvalue weighted by molar-refractivity contribution is 0.0494. The van der Waals surface area contributed by atoms with Crippen LogP contribution in [-0.2, 0) is 0 Å². The van der Waals surface area contributed by atoms with Gasteiger partial charge in [0.1, 0.15) is 17.7 Å². The fourth-order valence-corrected chi connectivity index (χ4v) is 4.69. The Kier molecular flexibility index (Phi) is 5.30. The number of rotatable bonds is 3. The van der Waals surface area contributed by atoms with Gasteiger partial charge in [0.2, 0.25) is 0 Å². The van der Waals surface area contributed by atoms with Crippen molar-refractivity contribution >= 4 is 17.2 Å². The summed E-state index contributed by atoms with van der Waals surface area (Å²) in [6.07, 6.45) is 1.80. The lowest BCUT2D eigenvalue weighted by Crippen LogP contribution is -2.51. The molecule has 2 atom stereocenters. The zero-order valence-electron chi connectivity index (χ0n) is 19.1. The van der Waals surface area contributed by atoms with Crippen molar-refractivity contribution in [2.45, 2.75) is 45.6 Å². The van der Waals surface area contributed by atoms with Gasteiger partial charge in [-0.1, -0.05) is 26.8 Å². The molecule has 4 aromatic rings. The van der Waals surface area contributed by atoms with Crippen LogP contribution in [0.5, 0.6) is 0 Å². The van der Waals surface area contributed by atoms with Crippen molar-refractivity contribution in [3.05, 3.63) is 54.4 Å². The van der Waals surface area contributed by atoms with E-state index in [0.29, 0.717) is 53.2 Å². The number of hydrogen-bond acceptors (Lipinski definition) is 6. The smallest absolute Gasteiger partial charge is 0.407 e. The summed E-state index contributed by atoms with van der Waals surface area (Å²) in [6.45, 7) is 6.58. The van der Waals surface area contributed by atoms with Gasteiger partial charge in [-0.05, 0) is 58.5 Å². The Balaban J connectivity index is 1.43. The Morgan fingerprint density at radius 3 is 2.71 bits per heavy atom. The lowest BCUT2D eigenvalue weighted by Gasteiger charge is -2.43. The van der Waals surface area contributed by atoms with Gasteiger partial charge in [-0.25, -0.2) is 18.9 Å². The van der Waals surface area contributed by atoms with Crippen LogP contribution in [0.25, 0.3) is 27.9 Å². The molecule has 9 nitrogen and oxygen atoms in total. The van der Waals surface area contributed by atoms with Gasteiger partial charge in [0.15, 0.2) is 11.5 Å². The summed E-state index contributed by atoms with van der Waals surface area (Å²) in [7, 11) is 0. The summed E-state index contributed by atoms with van der Waals surface area (Å²) < 4.78 is 22.3. The largest absolute Gasteiger partial charge is 0.465 e. The fourth-order valence-electron chi connectivity index (χ4n) is 4.69. The van der Waals surface area contributed by atoms with Gasteiger partial charge in [-0.15, -0.1) is 5.10 Å². The molecule has 2 aromatic heterocycles. The minimum absolute atomic E-state index is 0.0167. The number of carbonyl (C=O) groups is 1. The summed E-state index contributed by atoms with van der Waals surface area (Å²) in [5, 5.41) is 20.6. The first-order chi connectivity index (χ1) is 16.2. The summed E-state index contributed by atoms with van der Waals surface area (Å²) in [4.78, 5) is 18.0. The van der Waals surface area contributed by atoms with Gasteiger partial charge in [0.05, 0.1) is 5.69 Å². The molecule has 5 rings (SSSR count). The topological polar surface area (TPSA) is 110 Å². The number of fused-ring (bicyclic) bond motifs is 1. The summed E-state index contributed by atoms with van der Waals surface area (Å²) in [6, 6.07) is 10.1. The van der Waals surface area contributed by atoms with Gasteiger partial charge >= 0.3 is 6.09 Å². The van der Waals surface area contributed by atoms with Crippen LogP contribution >= 0.6 is 0 Å². The zero-order chi connectivity index (χ0) is 24.0. The van der Waals surface area contributed by atoms with E-state index >= 15 is 0 Å². The Labute approximate surface area is 195 Å². The molecule has 2 unspecified atom stereocenters. The first kappa shape index (κ1) is 22.0. The highest BCUT2D eigenvalue weighted by Crippen LogP contribution is 2.40. The number of likely N-dealkylation sites (tertiary alicyclic amines) is 1. The van der Waals surface area contributed by atoms with Crippen molar-refractivity contribution in [3.8, 4) is 16.8 Å². The molecule has 176 valence electrons. The Morgan fingerprint density at radius 2 is 2.03 bits per heavy atom. The van der Waals surface area contributed by atoms with E-state index < -0.39 is 11.9 Å². The summed E-state index contributed by atoms with van der Waals surface area (Å²) in [5.74, 6) is 0.217. The molecule has 0 aliphatic carbocycles. The standard InChI is InChI=1S/C24H25FN6O3/c1-24(2,3)21-11-15(8-9-30(21)23(32)33)22-27-19-10-14(4-7-20(19)34-22)17-6-5-16(12-18(17)25)31-13-26-28-29-31/h4-7,10,12-13,15,21H,8-9,11H2,1-3H3,(H,32,33). The first-order valence-electron chi connectivity index (χ1n) is 11.1. The number of piperidine rings is 1. The molecule has 1 fully saturated rings. The van der Waals surface area contributed by atoms with E-state index in [1.165, 1.54) is 22.0 Å². The number of hydrogen-bond donors (Lipinski definition) is 1. The average Bonchev–Trinajstić information content (AvgIpc) is 3.47. The van der Waals surface area contributed by atoms with E-state index in [9.17, 15) is 14.3 Å². The predicted octanol–water partition coefficient (Wildman–Crippen LogP) is 4.88. The van der Waals surface area contributed by atoms with Crippen LogP contribution in [0.2, 0.25) is 0 Å². The second-order valence-electron chi connectivity index (χ2n) is 9.73. The first-order valence-corrected chi connectivity index (χ1v) is 11.1. The van der Waals surface area contributed by atoms with Gasteiger partial charge in [-0.3, -0.25) is 0 Å². The molecule has 0 saturated carbocycles. The van der Waals surface area contributed by atoms with Crippen LogP contribution in [-0.4, -0.2) is 53.9 Å². The minimum Gasteiger partial charge on any atom is -0.465 e. The van der Waals surface area contributed by atoms with E-state index in [4.69, 9.17) is 9.40 Å². The van der Waals surface area contributed by atoms with Gasteiger partial charge in [0, 0.05) is 30.1 Å². The number of carboxylic acid groups (broad SMARTS) is 1. The van der Waals surface area contributed by atoms with E-state index in [1.54, 1.807) is 24.3 Å². The summed E-state index contributed by atoms with van der Waals surface area (Å²) in [5.41, 5.74) is 2.70. The lowest BCUT2D eigenvalue weighted by atomic mass is 9.77. The number of tetrazole rings is 1. The maximum Gasteiger partial charge on any atom is 0.407 e. The zero-order valence-corrected chi connectivity index (χ0v) is 19.1. The average molecular weight is 465 g/mol. The number of nitrogens with zero attached hydrogens (tertiary/aromatic N) is 6. The highest BCUT2D eigenvalue weighted by Gasteiger charge is 2.40. The van der Waals surface area contributed by atoms with Crippen LogP contribution in [0.3, 0.4) is 0 Å². The van der Waals surface area contributed by atoms with Crippen molar-refractivity contribution in [3.63, 3.8) is 0 Å². The molecule has 0 spiro atoms. The highest BCUT2D eigenvalue weighted by molar-refractivity contribution is 5.81. The van der Waals surface area contributed by atoms with E-state index in [-0.39, 0.29) is 17.4 Å². The monoisotopic (exact) mass is 464 g/mol. The van der Waals surface area contributed by atoms with Gasteiger partial charge < -0.3 is 14.4 Å². The van der Waals surface area contributed by atoms with Crippen LogP contribution < -0.4 is 0 Å².